The van der Waals surface area contributed by atoms with E-state index in [2.05, 4.69) is 63.5 Å². The molecule has 3 heterocycles. The van der Waals surface area contributed by atoms with Gasteiger partial charge >= 0.3 is 5.97 Å². The molecule has 11 atom stereocenters. The molecule has 1 aromatic carbocycles. The van der Waals surface area contributed by atoms with Gasteiger partial charge in [0.2, 0.25) is 66.0 Å². The topological polar surface area (TPSA) is 611 Å². The molecule has 24 N–H and O–H groups in total. The SMILES string of the molecule is C[C@@H](O)[C@@H]1NC(=O)[C@H]([C@@H](C)O)NC(=O)[C@@H](CCCN(O)C=O)NC(=O)[C@@H](NC(=O)[C@H](CCCN(O)C=O)NC(=O)[C@@H](CO)NC(=O)[C@H](CCCN=C(N)N)NC(=O)[C@@H](CO)NC(=O)C2CCNc3c(NC(=O)CCC(=O)O)cc4cc(O)c(O)cc4[n+]32)CCCCNC1=O. The largest absolute Gasteiger partial charge is 0.504 e. The number of amides is 12. The number of phenolic OH excluding ortho intramolecular Hbond substituents is 2. The number of aromatic nitrogens is 1. The highest BCUT2D eigenvalue weighted by Gasteiger charge is 2.40. The smallest absolute Gasteiger partial charge is 0.303 e. The molecule has 4 rings (SSSR count). The number of anilines is 2. The molecule has 1 unspecified atom stereocenters. The predicted molar refractivity (Wildman–Crippen MR) is 322 cm³/mol. The van der Waals surface area contributed by atoms with Crippen LogP contribution in [-0.2, 0) is 62.3 Å². The van der Waals surface area contributed by atoms with Crippen molar-refractivity contribution in [2.45, 2.75) is 157 Å². The third-order valence-electron chi connectivity index (χ3n) is 14.8. The van der Waals surface area contributed by atoms with Gasteiger partial charge in [-0.05, 0) is 83.8 Å². The number of carboxylic acids is 1. The number of nitrogens with two attached hydrogens (primary N) is 2. The lowest BCUT2D eigenvalue weighted by atomic mass is 10.0. The Kier molecular flexibility index (Phi) is 30.7. The van der Waals surface area contributed by atoms with Gasteiger partial charge in [-0.3, -0.25) is 83.1 Å². The number of hydroxylamine groups is 4. The summed E-state index contributed by atoms with van der Waals surface area (Å²) >= 11 is 0. The van der Waals surface area contributed by atoms with E-state index in [1.165, 1.54) is 17.6 Å². The van der Waals surface area contributed by atoms with Crippen molar-refractivity contribution in [1.29, 1.82) is 0 Å². The normalized spacial score (nSPS) is 19.7. The fourth-order valence-electron chi connectivity index (χ4n) is 9.84. The lowest BCUT2D eigenvalue weighted by Gasteiger charge is -2.29. The minimum Gasteiger partial charge on any atom is -0.504 e. The maximum absolute atomic E-state index is 14.4. The van der Waals surface area contributed by atoms with Crippen LogP contribution >= 0.6 is 0 Å². The summed E-state index contributed by atoms with van der Waals surface area (Å²) in [7, 11) is 0. The number of phenols is 2. The number of nitrogens with one attached hydrogen (secondary N) is 11. The number of nitrogens with zero attached hydrogens (tertiary/aromatic N) is 4. The highest BCUT2D eigenvalue weighted by atomic mass is 16.5. The number of aliphatic imine (C=N–C) groups is 1. The van der Waals surface area contributed by atoms with Crippen molar-refractivity contribution in [3.63, 3.8) is 0 Å². The van der Waals surface area contributed by atoms with E-state index in [1.54, 1.807) is 0 Å². The molecule has 39 nitrogen and oxygen atoms in total. The van der Waals surface area contributed by atoms with Crippen molar-refractivity contribution in [2.75, 3.05) is 56.6 Å². The van der Waals surface area contributed by atoms with Crippen LogP contribution in [0.1, 0.15) is 96.9 Å². The number of carbonyl (C=O) groups excluding carboxylic acids is 12. The van der Waals surface area contributed by atoms with Crippen LogP contribution in [0.5, 0.6) is 11.5 Å². The number of fused-ring (bicyclic) bond motifs is 3. The van der Waals surface area contributed by atoms with Gasteiger partial charge in [0.25, 0.3) is 11.7 Å². The van der Waals surface area contributed by atoms with Crippen molar-refractivity contribution >= 4 is 106 Å². The zero-order valence-electron chi connectivity index (χ0n) is 51.4. The van der Waals surface area contributed by atoms with Crippen molar-refractivity contribution < 1.29 is 113 Å². The molecule has 0 aliphatic carbocycles. The minimum atomic E-state index is -1.96. The number of hydrogen-bond donors (Lipinski definition) is 22. The highest BCUT2D eigenvalue weighted by molar-refractivity contribution is 6.00. The Morgan fingerprint density at radius 2 is 1.24 bits per heavy atom. The van der Waals surface area contributed by atoms with Gasteiger partial charge in [0.15, 0.2) is 23.5 Å². The third-order valence-corrected chi connectivity index (χ3v) is 14.8. The summed E-state index contributed by atoms with van der Waals surface area (Å²) in [4.78, 5) is 176. The molecule has 2 aromatic rings. The third kappa shape index (κ3) is 23.4. The number of guanidine groups is 1. The molecule has 1 saturated heterocycles. The van der Waals surface area contributed by atoms with Crippen molar-refractivity contribution in [2.24, 2.45) is 16.5 Å². The van der Waals surface area contributed by atoms with Gasteiger partial charge < -0.3 is 100 Å². The molecule has 1 fully saturated rings. The van der Waals surface area contributed by atoms with E-state index in [0.717, 1.165) is 19.1 Å². The second-order valence-corrected chi connectivity index (χ2v) is 22.1. The number of hydrogen-bond acceptors (Lipinski definition) is 23. The first-order chi connectivity index (χ1) is 44.5. The number of aliphatic hydroxyl groups is 4. The Labute approximate surface area is 536 Å². The second kappa shape index (κ2) is 37.6. The van der Waals surface area contributed by atoms with Crippen LogP contribution in [0.15, 0.2) is 23.2 Å². The number of rotatable bonds is 32. The van der Waals surface area contributed by atoms with Gasteiger partial charge in [-0.2, -0.15) is 0 Å². The Morgan fingerprint density at radius 3 is 1.85 bits per heavy atom. The van der Waals surface area contributed by atoms with Crippen molar-refractivity contribution in [1.82, 2.24) is 58.0 Å². The zero-order chi connectivity index (χ0) is 69.9. The minimum absolute atomic E-state index is 0.0262. The zero-order valence-corrected chi connectivity index (χ0v) is 51.4. The quantitative estimate of drug-likeness (QED) is 0.00473. The first kappa shape index (κ1) is 76.6. The van der Waals surface area contributed by atoms with Gasteiger partial charge in [0.1, 0.15) is 59.5 Å². The number of carboxylic acid groups (broad SMARTS) is 1. The summed E-state index contributed by atoms with van der Waals surface area (Å²) in [5.74, 6) is -13.3. The van der Waals surface area contributed by atoms with Crippen molar-refractivity contribution in [3.05, 3.63) is 18.2 Å². The fourth-order valence-corrected chi connectivity index (χ4v) is 9.84. The standard InChI is InChI=1S/C55H83N17O22/c1-27(77)43-53(91)59-15-4-3-8-30(46(84)63-33(11-7-19-71(94)26-76)49(87)68-44(28(2)78)54(92)69-43)62-47(85)32(10-6-18-70(93)25-75)65-50(88)35(23-73)66-48(86)31(9-5-16-60-55(56)57)64-51(89)36(24-74)67-52(90)37-14-17-58-45-34(61-41(81)12-13-42(82)83)20-29-21-39(79)40(80)22-38(29)72(37)45/h20-22,25-28,30-33,35-37,43-44,73-74,77-78,93-94H,3-19,23-24H2,1-2H3,(H17,56,57,58,59,60,61,62,63,64,65,66,67,68,69,79,80,81,82,83,84,85,86,87,88,89,90,91,92)/p+1/t27-,28-,30+,31+,32+,33-,35-,36-,37?,43+,44+/m1/s1. The van der Waals surface area contributed by atoms with Gasteiger partial charge in [0.05, 0.1) is 38.4 Å². The number of pyridine rings is 1. The Hall–Kier alpha value is -9.83. The molecule has 0 bridgehead atoms. The number of aliphatic carboxylic acids is 1. The number of benzene rings is 1. The Morgan fingerprint density at radius 1 is 0.681 bits per heavy atom. The maximum Gasteiger partial charge on any atom is 0.303 e. The van der Waals surface area contributed by atoms with Crippen LogP contribution in [0, 0.1) is 0 Å². The molecule has 1 aromatic heterocycles. The summed E-state index contributed by atoms with van der Waals surface area (Å²) in [6.07, 6.45) is -5.77. The summed E-state index contributed by atoms with van der Waals surface area (Å²) in [6, 6.07) is -11.5. The number of aliphatic hydroxyl groups excluding tert-OH is 4. The highest BCUT2D eigenvalue weighted by Crippen LogP contribution is 2.35. The second-order valence-electron chi connectivity index (χ2n) is 22.1. The number of aromatic hydroxyl groups is 2. The first-order valence-corrected chi connectivity index (χ1v) is 29.9. The first-order valence-electron chi connectivity index (χ1n) is 29.9. The molecule has 0 radical (unpaired) electrons. The average molecular weight is 1340 g/mol. The Bertz CT molecular complexity index is 3080. The van der Waals surface area contributed by atoms with E-state index >= 15 is 0 Å². The van der Waals surface area contributed by atoms with E-state index in [9.17, 15) is 103 Å². The maximum atomic E-state index is 14.4. The average Bonchev–Trinajstić information content (AvgIpc) is 0.751. The van der Waals surface area contributed by atoms with E-state index in [1.807, 2.05) is 0 Å². The summed E-state index contributed by atoms with van der Waals surface area (Å²) in [5, 5.41) is 120. The summed E-state index contributed by atoms with van der Waals surface area (Å²) < 4.78 is 1.33. The molecule has 2 aliphatic heterocycles. The molecular formula is C55H84N17O22+. The van der Waals surface area contributed by atoms with Gasteiger partial charge in [-0.15, -0.1) is 0 Å². The number of carbonyl (C=O) groups is 13. The van der Waals surface area contributed by atoms with E-state index in [0.29, 0.717) is 0 Å². The van der Waals surface area contributed by atoms with E-state index in [-0.39, 0.29) is 135 Å². The van der Waals surface area contributed by atoms with Crippen LogP contribution in [0.3, 0.4) is 0 Å². The van der Waals surface area contributed by atoms with Crippen LogP contribution in [0.4, 0.5) is 11.5 Å². The molecule has 39 heteroatoms. The predicted octanol–water partition coefficient (Wildman–Crippen LogP) is -8.07. The van der Waals surface area contributed by atoms with Crippen LogP contribution < -0.4 is 74.5 Å². The monoisotopic (exact) mass is 1330 g/mol. The lowest BCUT2D eigenvalue weighted by molar-refractivity contribution is -0.674. The summed E-state index contributed by atoms with van der Waals surface area (Å²) in [6.45, 7) is -0.972. The fraction of sp³-hybridized carbons (Fsp3) is 0.582. The molecule has 0 spiro atoms. The summed E-state index contributed by atoms with van der Waals surface area (Å²) in [5.41, 5.74) is 11.1. The van der Waals surface area contributed by atoms with Crippen molar-refractivity contribution in [3.8, 4) is 11.5 Å². The van der Waals surface area contributed by atoms with Crippen LogP contribution in [-0.4, -0.2) is 247 Å². The molecular weight excluding hydrogens is 1250 g/mol. The molecule has 94 heavy (non-hydrogen) atoms. The van der Waals surface area contributed by atoms with Gasteiger partial charge in [-0.1, -0.05) is 0 Å². The van der Waals surface area contributed by atoms with Gasteiger partial charge in [0, 0.05) is 50.5 Å². The van der Waals surface area contributed by atoms with E-state index in [4.69, 9.17) is 16.6 Å². The molecule has 520 valence electrons. The van der Waals surface area contributed by atoms with Crippen LogP contribution in [0.2, 0.25) is 0 Å². The molecule has 0 saturated carbocycles. The lowest BCUT2D eigenvalue weighted by Crippen LogP contribution is -2.62. The Balaban J connectivity index is 1.63. The molecule has 2 aliphatic rings. The van der Waals surface area contributed by atoms with E-state index < -0.39 is 182 Å². The van der Waals surface area contributed by atoms with Crippen LogP contribution in [0.25, 0.3) is 10.9 Å². The van der Waals surface area contributed by atoms with Gasteiger partial charge in [-0.25, -0.2) is 14.7 Å². The molecule has 12 amide bonds.